The summed E-state index contributed by atoms with van der Waals surface area (Å²) in [5, 5.41) is 19.0. The molecule has 5 rings (SSSR count). The van der Waals surface area contributed by atoms with E-state index >= 15 is 0 Å². The summed E-state index contributed by atoms with van der Waals surface area (Å²) < 4.78 is 22.1. The normalized spacial score (nSPS) is 18.9. The highest BCUT2D eigenvalue weighted by Crippen LogP contribution is 2.48. The van der Waals surface area contributed by atoms with E-state index < -0.39 is 5.97 Å². The number of benzene rings is 2. The fourth-order valence-corrected chi connectivity index (χ4v) is 5.76. The average Bonchev–Trinajstić information content (AvgIpc) is 3.50. The molecule has 6 nitrogen and oxygen atoms in total. The summed E-state index contributed by atoms with van der Waals surface area (Å²) in [6, 6.07) is 9.44. The van der Waals surface area contributed by atoms with E-state index in [1.54, 1.807) is 20.2 Å². The predicted octanol–water partition coefficient (Wildman–Crippen LogP) is 5.85. The van der Waals surface area contributed by atoms with Crippen molar-refractivity contribution in [1.29, 1.82) is 0 Å². The van der Waals surface area contributed by atoms with Crippen LogP contribution < -0.4 is 0 Å². The van der Waals surface area contributed by atoms with E-state index in [9.17, 15) is 14.3 Å². The van der Waals surface area contributed by atoms with Crippen molar-refractivity contribution in [2.45, 2.75) is 51.4 Å². The molecule has 34 heavy (non-hydrogen) atoms. The summed E-state index contributed by atoms with van der Waals surface area (Å²) in [6.07, 6.45) is 3.89. The Morgan fingerprint density at radius 3 is 2.76 bits per heavy atom. The Morgan fingerprint density at radius 2 is 2.09 bits per heavy atom. The van der Waals surface area contributed by atoms with Crippen molar-refractivity contribution in [1.82, 2.24) is 14.8 Å². The molecule has 2 aromatic carbocycles. The molecule has 2 N–H and O–H groups in total. The summed E-state index contributed by atoms with van der Waals surface area (Å²) in [6.45, 7) is 6.56. The van der Waals surface area contributed by atoms with Gasteiger partial charge in [-0.3, -0.25) is 9.89 Å². The van der Waals surface area contributed by atoms with Crippen molar-refractivity contribution in [2.75, 3.05) is 13.7 Å². The highest BCUT2D eigenvalue weighted by atomic mass is 19.1. The molecule has 2 unspecified atom stereocenters. The van der Waals surface area contributed by atoms with Crippen LogP contribution >= 0.6 is 0 Å². The van der Waals surface area contributed by atoms with Crippen molar-refractivity contribution in [3.8, 4) is 5.69 Å². The number of carbonyl (C=O) groups is 1. The van der Waals surface area contributed by atoms with Crippen LogP contribution in [0.1, 0.15) is 55.8 Å². The molecule has 0 radical (unpaired) electrons. The van der Waals surface area contributed by atoms with Gasteiger partial charge in [-0.15, -0.1) is 0 Å². The largest absolute Gasteiger partial charge is 0.481 e. The lowest BCUT2D eigenvalue weighted by Crippen LogP contribution is -2.28. The summed E-state index contributed by atoms with van der Waals surface area (Å²) in [7, 11) is 1.70. The monoisotopic (exact) mass is 463 g/mol. The van der Waals surface area contributed by atoms with Crippen LogP contribution in [0.15, 0.2) is 36.5 Å². The van der Waals surface area contributed by atoms with Crippen molar-refractivity contribution >= 4 is 27.8 Å². The van der Waals surface area contributed by atoms with Gasteiger partial charge in [0.25, 0.3) is 0 Å². The Balaban J connectivity index is 1.88. The number of ether oxygens (including phenoxy) is 1. The van der Waals surface area contributed by atoms with Gasteiger partial charge < -0.3 is 14.4 Å². The molecule has 2 aromatic heterocycles. The van der Waals surface area contributed by atoms with Gasteiger partial charge in [-0.2, -0.15) is 5.10 Å². The van der Waals surface area contributed by atoms with Gasteiger partial charge in [-0.25, -0.2) is 4.39 Å². The lowest BCUT2D eigenvalue weighted by molar-refractivity contribution is -0.141. The van der Waals surface area contributed by atoms with Gasteiger partial charge in [0.15, 0.2) is 0 Å². The summed E-state index contributed by atoms with van der Waals surface area (Å²) in [5.41, 5.74) is 5.28. The first kappa shape index (κ1) is 22.6. The van der Waals surface area contributed by atoms with Crippen molar-refractivity contribution < 1.29 is 19.0 Å². The number of hydrogen-bond donors (Lipinski definition) is 2. The van der Waals surface area contributed by atoms with Crippen LogP contribution in [0.3, 0.4) is 0 Å². The molecule has 1 fully saturated rings. The minimum atomic E-state index is -0.728. The smallest absolute Gasteiger partial charge is 0.306 e. The Morgan fingerprint density at radius 1 is 1.29 bits per heavy atom. The molecule has 0 spiro atoms. The number of nitrogens with one attached hydrogen (secondary N) is 1. The molecule has 7 heteroatoms. The van der Waals surface area contributed by atoms with Crippen molar-refractivity contribution in [3.05, 3.63) is 59.2 Å². The SMILES string of the molecule is COCC(C)(C)c1c(C2CCC(C(=O)O)C2)c2cc3[nH]ncc3cc2n1-c1ccc(F)c(C)c1. The number of H-pyrrole nitrogens is 1. The molecular weight excluding hydrogens is 433 g/mol. The van der Waals surface area contributed by atoms with Crippen LogP contribution in [0.4, 0.5) is 4.39 Å². The maximum atomic E-state index is 14.2. The maximum Gasteiger partial charge on any atom is 0.306 e. The van der Waals surface area contributed by atoms with Crippen LogP contribution in [0.2, 0.25) is 0 Å². The number of halogens is 1. The van der Waals surface area contributed by atoms with E-state index in [0.29, 0.717) is 25.0 Å². The molecule has 1 saturated carbocycles. The third-order valence-electron chi connectivity index (χ3n) is 7.30. The van der Waals surface area contributed by atoms with Crippen molar-refractivity contribution in [3.63, 3.8) is 0 Å². The number of carboxylic acid groups (broad SMARTS) is 1. The van der Waals surface area contributed by atoms with Crippen LogP contribution in [0.5, 0.6) is 0 Å². The first-order chi connectivity index (χ1) is 16.2. The van der Waals surface area contributed by atoms with E-state index in [2.05, 4.69) is 40.7 Å². The molecule has 178 valence electrons. The number of hydrogen-bond acceptors (Lipinski definition) is 3. The van der Waals surface area contributed by atoms with Crippen molar-refractivity contribution in [2.24, 2.45) is 5.92 Å². The fraction of sp³-hybridized carbons (Fsp3) is 0.407. The van der Waals surface area contributed by atoms with Crippen LogP contribution in [-0.2, 0) is 14.9 Å². The standard InChI is InChI=1S/C27H30FN3O3/c1-15-9-19(7-8-21(15)28)31-23-11-18-13-29-30-22(18)12-20(23)24(25(31)27(2,3)14-34-4)16-5-6-17(10-16)26(32)33/h7-9,11-13,16-17H,5-6,10,14H2,1-4H3,(H,29,30)(H,32,33). The van der Waals surface area contributed by atoms with Crippen LogP contribution in [0.25, 0.3) is 27.5 Å². The van der Waals surface area contributed by atoms with Gasteiger partial charge in [-0.1, -0.05) is 13.8 Å². The molecule has 1 aliphatic carbocycles. The third kappa shape index (κ3) is 3.59. The number of carboxylic acids is 1. The number of aromatic nitrogens is 3. The maximum absolute atomic E-state index is 14.2. The van der Waals surface area contributed by atoms with Gasteiger partial charge in [-0.05, 0) is 73.6 Å². The molecule has 1 aliphatic rings. The van der Waals surface area contributed by atoms with Crippen LogP contribution in [-0.4, -0.2) is 39.6 Å². The average molecular weight is 464 g/mol. The second-order valence-corrected chi connectivity index (χ2v) is 10.2. The second kappa shape index (κ2) is 8.24. The van der Waals surface area contributed by atoms with E-state index in [1.165, 1.54) is 11.6 Å². The lowest BCUT2D eigenvalue weighted by atomic mass is 9.82. The quantitative estimate of drug-likeness (QED) is 0.376. The topological polar surface area (TPSA) is 80.1 Å². The zero-order valence-corrected chi connectivity index (χ0v) is 20.0. The first-order valence-corrected chi connectivity index (χ1v) is 11.7. The van der Waals surface area contributed by atoms with Gasteiger partial charge >= 0.3 is 5.97 Å². The summed E-state index contributed by atoms with van der Waals surface area (Å²) >= 11 is 0. The molecule has 0 saturated heterocycles. The number of nitrogens with zero attached hydrogens (tertiary/aromatic N) is 2. The Labute approximate surface area is 197 Å². The van der Waals surface area contributed by atoms with E-state index in [1.807, 2.05) is 12.1 Å². The minimum absolute atomic E-state index is 0.109. The van der Waals surface area contributed by atoms with Crippen LogP contribution in [0, 0.1) is 18.7 Å². The molecule has 4 aromatic rings. The second-order valence-electron chi connectivity index (χ2n) is 10.2. The highest BCUT2D eigenvalue weighted by molar-refractivity contribution is 5.99. The Bertz CT molecular complexity index is 1400. The zero-order chi connectivity index (χ0) is 24.2. The molecule has 2 atom stereocenters. The third-order valence-corrected chi connectivity index (χ3v) is 7.30. The number of aromatic amines is 1. The Hall–Kier alpha value is -3.19. The number of methoxy groups -OCH3 is 1. The lowest BCUT2D eigenvalue weighted by Gasteiger charge is -2.29. The predicted molar refractivity (Wildman–Crippen MR) is 130 cm³/mol. The number of aryl methyl sites for hydroxylation is 1. The fourth-order valence-electron chi connectivity index (χ4n) is 5.76. The molecule has 0 bridgehead atoms. The molecule has 0 aliphatic heterocycles. The Kier molecular flexibility index (Phi) is 5.47. The number of rotatable bonds is 6. The highest BCUT2D eigenvalue weighted by Gasteiger charge is 2.39. The van der Waals surface area contributed by atoms with E-state index in [0.717, 1.165) is 39.6 Å². The number of aliphatic carboxylic acids is 1. The van der Waals surface area contributed by atoms with E-state index in [-0.39, 0.29) is 23.1 Å². The first-order valence-electron chi connectivity index (χ1n) is 11.7. The van der Waals surface area contributed by atoms with Gasteiger partial charge in [0, 0.05) is 34.7 Å². The van der Waals surface area contributed by atoms with Gasteiger partial charge in [0.1, 0.15) is 5.82 Å². The van der Waals surface area contributed by atoms with Gasteiger partial charge in [0.05, 0.1) is 29.8 Å². The van der Waals surface area contributed by atoms with Gasteiger partial charge in [0.2, 0.25) is 0 Å². The molecule has 2 heterocycles. The van der Waals surface area contributed by atoms with E-state index in [4.69, 9.17) is 4.74 Å². The zero-order valence-electron chi connectivity index (χ0n) is 20.0. The molecule has 0 amide bonds. The summed E-state index contributed by atoms with van der Waals surface area (Å²) in [5.74, 6) is -1.20. The minimum Gasteiger partial charge on any atom is -0.481 e. The number of fused-ring (bicyclic) bond motifs is 2. The summed E-state index contributed by atoms with van der Waals surface area (Å²) in [4.78, 5) is 11.8. The molecular formula is C27H30FN3O3.